The summed E-state index contributed by atoms with van der Waals surface area (Å²) in [5.74, 6) is 2.91. The molecule has 1 aromatic carbocycles. The van der Waals surface area contributed by atoms with Gasteiger partial charge >= 0.3 is 0 Å². The zero-order chi connectivity index (χ0) is 16.8. The van der Waals surface area contributed by atoms with Crippen LogP contribution in [0.25, 0.3) is 0 Å². The highest BCUT2D eigenvalue weighted by Gasteiger charge is 2.25. The lowest BCUT2D eigenvalue weighted by Gasteiger charge is -2.32. The number of carbonyl (C=O) groups is 1. The van der Waals surface area contributed by atoms with Crippen molar-refractivity contribution in [1.82, 2.24) is 14.9 Å². The number of piperidine rings is 1. The summed E-state index contributed by atoms with van der Waals surface area (Å²) >= 11 is 1.71. The second-order valence-electron chi connectivity index (χ2n) is 6.08. The number of aromatic nitrogens is 2. The van der Waals surface area contributed by atoms with Crippen LogP contribution in [0.1, 0.15) is 36.6 Å². The van der Waals surface area contributed by atoms with Gasteiger partial charge < -0.3 is 9.88 Å². The normalized spacial score (nSPS) is 17.9. The van der Waals surface area contributed by atoms with E-state index >= 15 is 0 Å². The van der Waals surface area contributed by atoms with Crippen LogP contribution in [0.5, 0.6) is 0 Å². The monoisotopic (exact) mass is 347 g/mol. The van der Waals surface area contributed by atoms with E-state index in [0.717, 1.165) is 48.8 Å². The van der Waals surface area contributed by atoms with Crippen LogP contribution in [-0.2, 0) is 10.5 Å². The van der Waals surface area contributed by atoms with E-state index in [-0.39, 0.29) is 11.7 Å². The standard InChI is InChI=1S/C18H22FN3OS/c19-16-5-3-14(4-6-16)13-24-11-7-17(23)22-10-1-2-15(12-22)18-20-8-9-21-18/h3-6,8-9,15H,1-2,7,10-13H2,(H,20,21)/t15-/m0/s1. The van der Waals surface area contributed by atoms with Crippen molar-refractivity contribution in [3.63, 3.8) is 0 Å². The Balaban J connectivity index is 1.40. The smallest absolute Gasteiger partial charge is 0.223 e. The minimum atomic E-state index is -0.213. The van der Waals surface area contributed by atoms with Gasteiger partial charge in [0.25, 0.3) is 0 Å². The third-order valence-corrected chi connectivity index (χ3v) is 5.35. The second-order valence-corrected chi connectivity index (χ2v) is 7.19. The molecule has 128 valence electrons. The molecule has 0 saturated carbocycles. The summed E-state index contributed by atoms with van der Waals surface area (Å²) in [4.78, 5) is 21.9. The fourth-order valence-corrected chi connectivity index (χ4v) is 3.91. The van der Waals surface area contributed by atoms with Gasteiger partial charge in [-0.05, 0) is 30.5 Å². The molecule has 1 aliphatic rings. The molecule has 3 rings (SSSR count). The molecule has 1 aromatic heterocycles. The van der Waals surface area contributed by atoms with Crippen molar-refractivity contribution in [3.8, 4) is 0 Å². The van der Waals surface area contributed by atoms with Gasteiger partial charge in [0, 0.05) is 49.3 Å². The van der Waals surface area contributed by atoms with E-state index in [1.807, 2.05) is 11.1 Å². The largest absolute Gasteiger partial charge is 0.348 e. The molecule has 0 aliphatic carbocycles. The summed E-state index contributed by atoms with van der Waals surface area (Å²) in [5, 5.41) is 0. The third kappa shape index (κ3) is 4.60. The van der Waals surface area contributed by atoms with Crippen molar-refractivity contribution in [1.29, 1.82) is 0 Å². The predicted molar refractivity (Wildman–Crippen MR) is 94.3 cm³/mol. The van der Waals surface area contributed by atoms with Gasteiger partial charge in [-0.15, -0.1) is 0 Å². The van der Waals surface area contributed by atoms with Crippen LogP contribution in [0, 0.1) is 5.82 Å². The van der Waals surface area contributed by atoms with E-state index in [9.17, 15) is 9.18 Å². The molecule has 0 radical (unpaired) electrons. The molecule has 1 amide bonds. The second kappa shape index (κ2) is 8.33. The lowest BCUT2D eigenvalue weighted by molar-refractivity contribution is -0.131. The van der Waals surface area contributed by atoms with Crippen LogP contribution >= 0.6 is 11.8 Å². The van der Waals surface area contributed by atoms with Crippen molar-refractivity contribution in [2.75, 3.05) is 18.8 Å². The third-order valence-electron chi connectivity index (χ3n) is 4.32. The van der Waals surface area contributed by atoms with Gasteiger partial charge in [-0.25, -0.2) is 9.37 Å². The number of hydrogen-bond donors (Lipinski definition) is 1. The molecule has 2 heterocycles. The molecule has 2 aromatic rings. The van der Waals surface area contributed by atoms with Gasteiger partial charge in [-0.1, -0.05) is 12.1 Å². The molecule has 1 aliphatic heterocycles. The molecule has 0 spiro atoms. The van der Waals surface area contributed by atoms with Crippen LogP contribution in [0.15, 0.2) is 36.7 Å². The van der Waals surface area contributed by atoms with Crippen molar-refractivity contribution in [2.24, 2.45) is 0 Å². The Bertz CT molecular complexity index is 645. The molecule has 1 atom stereocenters. The van der Waals surface area contributed by atoms with Crippen molar-refractivity contribution < 1.29 is 9.18 Å². The van der Waals surface area contributed by atoms with Gasteiger partial charge in [0.2, 0.25) is 5.91 Å². The number of likely N-dealkylation sites (tertiary alicyclic amines) is 1. The lowest BCUT2D eigenvalue weighted by atomic mass is 9.97. The summed E-state index contributed by atoms with van der Waals surface area (Å²) in [5.41, 5.74) is 1.09. The van der Waals surface area contributed by atoms with E-state index < -0.39 is 0 Å². The van der Waals surface area contributed by atoms with Crippen molar-refractivity contribution in [2.45, 2.75) is 30.9 Å². The lowest BCUT2D eigenvalue weighted by Crippen LogP contribution is -2.39. The molecule has 1 N–H and O–H groups in total. The maximum absolute atomic E-state index is 12.9. The van der Waals surface area contributed by atoms with Gasteiger partial charge in [-0.2, -0.15) is 11.8 Å². The molecule has 0 unspecified atom stereocenters. The Morgan fingerprint density at radius 1 is 1.38 bits per heavy atom. The summed E-state index contributed by atoms with van der Waals surface area (Å²) in [7, 11) is 0. The first-order valence-electron chi connectivity index (χ1n) is 8.31. The van der Waals surface area contributed by atoms with Crippen LogP contribution in [0.4, 0.5) is 4.39 Å². The number of benzene rings is 1. The number of halogens is 1. The number of imidazole rings is 1. The van der Waals surface area contributed by atoms with E-state index in [4.69, 9.17) is 0 Å². The molecule has 1 saturated heterocycles. The SMILES string of the molecule is O=C(CCSCc1ccc(F)cc1)N1CCC[C@H](c2ncc[nH]2)C1. The van der Waals surface area contributed by atoms with Crippen LogP contribution in [0.3, 0.4) is 0 Å². The average Bonchev–Trinajstić information content (AvgIpc) is 3.15. The fraction of sp³-hybridized carbons (Fsp3) is 0.444. The topological polar surface area (TPSA) is 49.0 Å². The van der Waals surface area contributed by atoms with Gasteiger partial charge in [0.1, 0.15) is 11.6 Å². The van der Waals surface area contributed by atoms with Gasteiger partial charge in [0.05, 0.1) is 0 Å². The summed E-state index contributed by atoms with van der Waals surface area (Å²) in [6.45, 7) is 1.60. The van der Waals surface area contributed by atoms with Crippen LogP contribution in [-0.4, -0.2) is 39.6 Å². The zero-order valence-electron chi connectivity index (χ0n) is 13.6. The van der Waals surface area contributed by atoms with Crippen LogP contribution < -0.4 is 0 Å². The first-order valence-corrected chi connectivity index (χ1v) is 9.47. The van der Waals surface area contributed by atoms with Gasteiger partial charge in [0.15, 0.2) is 0 Å². The van der Waals surface area contributed by atoms with E-state index in [1.54, 1.807) is 30.1 Å². The van der Waals surface area contributed by atoms with E-state index in [1.165, 1.54) is 12.1 Å². The summed E-state index contributed by atoms with van der Waals surface area (Å²) in [6.07, 6.45) is 6.26. The zero-order valence-corrected chi connectivity index (χ0v) is 14.4. The number of rotatable bonds is 6. The molecule has 6 heteroatoms. The number of amides is 1. The number of carbonyl (C=O) groups excluding carboxylic acids is 1. The summed E-state index contributed by atoms with van der Waals surface area (Å²) < 4.78 is 12.9. The Labute approximate surface area is 145 Å². The highest BCUT2D eigenvalue weighted by Crippen LogP contribution is 2.25. The van der Waals surface area contributed by atoms with E-state index in [2.05, 4.69) is 9.97 Å². The number of nitrogens with zero attached hydrogens (tertiary/aromatic N) is 2. The van der Waals surface area contributed by atoms with E-state index in [0.29, 0.717) is 12.3 Å². The van der Waals surface area contributed by atoms with Crippen molar-refractivity contribution in [3.05, 3.63) is 53.9 Å². The predicted octanol–water partition coefficient (Wildman–Crippen LogP) is 3.58. The Kier molecular flexibility index (Phi) is 5.91. The number of hydrogen-bond acceptors (Lipinski definition) is 3. The highest BCUT2D eigenvalue weighted by molar-refractivity contribution is 7.98. The molecule has 4 nitrogen and oxygen atoms in total. The molecule has 1 fully saturated rings. The number of H-pyrrole nitrogens is 1. The Morgan fingerprint density at radius 3 is 2.96 bits per heavy atom. The molecule has 24 heavy (non-hydrogen) atoms. The van der Waals surface area contributed by atoms with Gasteiger partial charge in [-0.3, -0.25) is 4.79 Å². The minimum Gasteiger partial charge on any atom is -0.348 e. The number of aromatic amines is 1. The molecule has 0 bridgehead atoms. The minimum absolute atomic E-state index is 0.213. The first-order chi connectivity index (χ1) is 11.7. The van der Waals surface area contributed by atoms with Crippen LogP contribution in [0.2, 0.25) is 0 Å². The number of thioether (sulfide) groups is 1. The first kappa shape index (κ1) is 17.0. The summed E-state index contributed by atoms with van der Waals surface area (Å²) in [6, 6.07) is 6.54. The molecular formula is C18H22FN3OS. The maximum Gasteiger partial charge on any atom is 0.223 e. The Morgan fingerprint density at radius 2 is 2.21 bits per heavy atom. The molecular weight excluding hydrogens is 325 g/mol. The maximum atomic E-state index is 12.9. The average molecular weight is 347 g/mol. The number of nitrogens with one attached hydrogen (secondary N) is 1. The Hall–Kier alpha value is -1.82. The highest BCUT2D eigenvalue weighted by atomic mass is 32.2. The quantitative estimate of drug-likeness (QED) is 0.813. The van der Waals surface area contributed by atoms with Crippen molar-refractivity contribution >= 4 is 17.7 Å². The fourth-order valence-electron chi connectivity index (χ4n) is 3.02.